The van der Waals surface area contributed by atoms with E-state index in [1.54, 1.807) is 6.07 Å². The van der Waals surface area contributed by atoms with Crippen molar-refractivity contribution < 1.29 is 9.18 Å². The number of nitrogens with zero attached hydrogens (tertiary/aromatic N) is 2. The van der Waals surface area contributed by atoms with E-state index in [0.29, 0.717) is 0 Å². The molecule has 18 heavy (non-hydrogen) atoms. The average molecular weight is 248 g/mol. The van der Waals surface area contributed by atoms with Crippen molar-refractivity contribution in [2.45, 2.75) is 26.3 Å². The van der Waals surface area contributed by atoms with E-state index in [1.165, 1.54) is 12.1 Å². The van der Waals surface area contributed by atoms with Crippen LogP contribution in [-0.4, -0.2) is 29.0 Å². The molecule has 0 aliphatic carbocycles. The maximum Gasteiger partial charge on any atom is 0.244 e. The van der Waals surface area contributed by atoms with Crippen LogP contribution in [0.25, 0.3) is 0 Å². The van der Waals surface area contributed by atoms with E-state index in [2.05, 4.69) is 5.01 Å². The number of hydrogen-bond donors (Lipinski definition) is 0. The molecule has 2 saturated heterocycles. The second kappa shape index (κ2) is 3.79. The third-order valence-corrected chi connectivity index (χ3v) is 3.86. The summed E-state index contributed by atoms with van der Waals surface area (Å²) >= 11 is 0. The summed E-state index contributed by atoms with van der Waals surface area (Å²) < 4.78 is 13.3. The second-order valence-corrected chi connectivity index (χ2v) is 5.78. The number of fused-ring (bicyclic) bond motifs is 1. The lowest BCUT2D eigenvalue weighted by molar-refractivity contribution is -0.142. The van der Waals surface area contributed by atoms with Crippen LogP contribution in [-0.2, 0) is 4.79 Å². The predicted octanol–water partition coefficient (Wildman–Crippen LogP) is 2.36. The second-order valence-electron chi connectivity index (χ2n) is 5.78. The zero-order valence-electron chi connectivity index (χ0n) is 10.7. The lowest BCUT2D eigenvalue weighted by Gasteiger charge is -2.26. The minimum absolute atomic E-state index is 0.00465. The highest BCUT2D eigenvalue weighted by atomic mass is 19.1. The summed E-state index contributed by atoms with van der Waals surface area (Å²) in [5, 5.41) is 3.92. The Bertz CT molecular complexity index is 500. The number of carbonyl (C=O) groups is 1. The minimum Gasteiger partial charge on any atom is -0.273 e. The molecule has 2 heterocycles. The Hall–Kier alpha value is -1.42. The number of hydrazine groups is 1. The SMILES string of the molecule is CC1(C)CN2CC[C@@H](c3cccc(F)c3)N2C1=O. The maximum absolute atomic E-state index is 13.3. The quantitative estimate of drug-likeness (QED) is 0.761. The van der Waals surface area contributed by atoms with Gasteiger partial charge in [-0.05, 0) is 38.0 Å². The van der Waals surface area contributed by atoms with Crippen LogP contribution in [0.1, 0.15) is 31.9 Å². The molecule has 3 rings (SSSR count). The molecule has 0 radical (unpaired) electrons. The summed E-state index contributed by atoms with van der Waals surface area (Å²) in [6.45, 7) is 5.57. The molecular weight excluding hydrogens is 231 g/mol. The highest BCUT2D eigenvalue weighted by Gasteiger charge is 2.50. The van der Waals surface area contributed by atoms with Crippen LogP contribution in [0.2, 0.25) is 0 Å². The van der Waals surface area contributed by atoms with E-state index < -0.39 is 0 Å². The smallest absolute Gasteiger partial charge is 0.244 e. The molecule has 1 amide bonds. The van der Waals surface area contributed by atoms with Crippen LogP contribution in [0.15, 0.2) is 24.3 Å². The molecule has 1 aromatic carbocycles. The molecule has 4 heteroatoms. The van der Waals surface area contributed by atoms with Crippen molar-refractivity contribution in [2.24, 2.45) is 5.41 Å². The fourth-order valence-electron chi connectivity index (χ4n) is 2.98. The van der Waals surface area contributed by atoms with Crippen molar-refractivity contribution >= 4 is 5.91 Å². The van der Waals surface area contributed by atoms with Crippen LogP contribution in [0.4, 0.5) is 4.39 Å². The van der Waals surface area contributed by atoms with E-state index in [4.69, 9.17) is 0 Å². The molecule has 0 bridgehead atoms. The molecular formula is C14H17FN2O. The third-order valence-electron chi connectivity index (χ3n) is 3.86. The molecule has 1 aromatic rings. The van der Waals surface area contributed by atoms with E-state index >= 15 is 0 Å². The highest BCUT2D eigenvalue weighted by Crippen LogP contribution is 2.41. The Kier molecular flexibility index (Phi) is 2.45. The van der Waals surface area contributed by atoms with E-state index in [9.17, 15) is 9.18 Å². The fraction of sp³-hybridized carbons (Fsp3) is 0.500. The molecule has 0 saturated carbocycles. The summed E-state index contributed by atoms with van der Waals surface area (Å²) in [6.07, 6.45) is 0.880. The summed E-state index contributed by atoms with van der Waals surface area (Å²) in [4.78, 5) is 12.4. The standard InChI is InChI=1S/C14H17FN2O/c1-14(2)9-16-7-6-12(17(16)13(14)18)10-4-3-5-11(15)8-10/h3-5,8,12H,6-7,9H2,1-2H3/t12-/m0/s1. The summed E-state index contributed by atoms with van der Waals surface area (Å²) in [6, 6.07) is 6.57. The molecule has 2 aliphatic rings. The van der Waals surface area contributed by atoms with Gasteiger partial charge in [0.25, 0.3) is 0 Å². The lowest BCUT2D eigenvalue weighted by atomic mass is 9.92. The van der Waals surface area contributed by atoms with Crippen molar-refractivity contribution in [2.75, 3.05) is 13.1 Å². The van der Waals surface area contributed by atoms with Crippen molar-refractivity contribution in [3.05, 3.63) is 35.6 Å². The fourth-order valence-corrected chi connectivity index (χ4v) is 2.98. The third kappa shape index (κ3) is 1.63. The van der Waals surface area contributed by atoms with Gasteiger partial charge >= 0.3 is 0 Å². The summed E-state index contributed by atoms with van der Waals surface area (Å²) in [7, 11) is 0. The molecule has 2 aliphatic heterocycles. The number of amides is 1. The molecule has 96 valence electrons. The van der Waals surface area contributed by atoms with E-state index in [-0.39, 0.29) is 23.2 Å². The monoisotopic (exact) mass is 248 g/mol. The molecule has 2 fully saturated rings. The highest BCUT2D eigenvalue weighted by molar-refractivity contribution is 5.84. The normalized spacial score (nSPS) is 26.7. The number of rotatable bonds is 1. The number of carbonyl (C=O) groups excluding carboxylic acids is 1. The Morgan fingerprint density at radius 1 is 1.39 bits per heavy atom. The molecule has 0 unspecified atom stereocenters. The van der Waals surface area contributed by atoms with Crippen LogP contribution in [0, 0.1) is 11.2 Å². The Balaban J connectivity index is 1.94. The molecule has 0 N–H and O–H groups in total. The Morgan fingerprint density at radius 3 is 2.89 bits per heavy atom. The van der Waals surface area contributed by atoms with Crippen molar-refractivity contribution in [3.63, 3.8) is 0 Å². The average Bonchev–Trinajstić information content (AvgIpc) is 2.79. The Labute approximate surface area is 106 Å². The lowest BCUT2D eigenvalue weighted by Crippen LogP contribution is -2.35. The first-order chi connectivity index (χ1) is 8.49. The molecule has 0 aromatic heterocycles. The molecule has 1 atom stereocenters. The maximum atomic E-state index is 13.3. The number of benzene rings is 1. The van der Waals surface area contributed by atoms with Gasteiger partial charge < -0.3 is 0 Å². The Morgan fingerprint density at radius 2 is 2.17 bits per heavy atom. The van der Waals surface area contributed by atoms with Crippen LogP contribution < -0.4 is 0 Å². The predicted molar refractivity (Wildman–Crippen MR) is 66.0 cm³/mol. The van der Waals surface area contributed by atoms with Gasteiger partial charge in [0.1, 0.15) is 5.82 Å². The topological polar surface area (TPSA) is 23.6 Å². The van der Waals surface area contributed by atoms with Crippen LogP contribution in [0.3, 0.4) is 0 Å². The van der Waals surface area contributed by atoms with Gasteiger partial charge in [-0.3, -0.25) is 9.80 Å². The van der Waals surface area contributed by atoms with Gasteiger partial charge in [-0.15, -0.1) is 0 Å². The van der Waals surface area contributed by atoms with Crippen molar-refractivity contribution in [1.29, 1.82) is 0 Å². The van der Waals surface area contributed by atoms with Gasteiger partial charge in [0.15, 0.2) is 0 Å². The first kappa shape index (κ1) is 11.7. The van der Waals surface area contributed by atoms with Gasteiger partial charge in [0, 0.05) is 13.1 Å². The largest absolute Gasteiger partial charge is 0.273 e. The molecule has 0 spiro atoms. The van der Waals surface area contributed by atoms with Crippen molar-refractivity contribution in [3.8, 4) is 0 Å². The number of hydrogen-bond acceptors (Lipinski definition) is 2. The van der Waals surface area contributed by atoms with Crippen LogP contribution >= 0.6 is 0 Å². The first-order valence-electron chi connectivity index (χ1n) is 6.33. The van der Waals surface area contributed by atoms with Gasteiger partial charge in [0.2, 0.25) is 5.91 Å². The van der Waals surface area contributed by atoms with Gasteiger partial charge in [-0.1, -0.05) is 12.1 Å². The van der Waals surface area contributed by atoms with E-state index in [0.717, 1.165) is 25.1 Å². The van der Waals surface area contributed by atoms with E-state index in [1.807, 2.05) is 24.9 Å². The van der Waals surface area contributed by atoms with Crippen LogP contribution in [0.5, 0.6) is 0 Å². The number of halogens is 1. The first-order valence-corrected chi connectivity index (χ1v) is 6.33. The van der Waals surface area contributed by atoms with Gasteiger partial charge in [0.05, 0.1) is 11.5 Å². The summed E-state index contributed by atoms with van der Waals surface area (Å²) in [5.74, 6) is -0.0916. The summed E-state index contributed by atoms with van der Waals surface area (Å²) in [5.41, 5.74) is 0.565. The minimum atomic E-state index is -0.327. The zero-order chi connectivity index (χ0) is 12.9. The van der Waals surface area contributed by atoms with Crippen molar-refractivity contribution in [1.82, 2.24) is 10.0 Å². The van der Waals surface area contributed by atoms with Gasteiger partial charge in [-0.25, -0.2) is 9.40 Å². The van der Waals surface area contributed by atoms with Gasteiger partial charge in [-0.2, -0.15) is 0 Å². The zero-order valence-corrected chi connectivity index (χ0v) is 10.7. The molecule has 3 nitrogen and oxygen atoms in total.